The second-order valence-corrected chi connectivity index (χ2v) is 4.76. The normalized spacial score (nSPS) is 15.8. The van der Waals surface area contributed by atoms with Crippen LogP contribution in [0.1, 0.15) is 5.56 Å². The summed E-state index contributed by atoms with van der Waals surface area (Å²) >= 11 is 0. The van der Waals surface area contributed by atoms with Gasteiger partial charge in [0, 0.05) is 38.9 Å². The van der Waals surface area contributed by atoms with E-state index in [0.717, 1.165) is 11.3 Å². The minimum Gasteiger partial charge on any atom is -0.378 e. The molecule has 1 aromatic carbocycles. The van der Waals surface area contributed by atoms with Crippen molar-refractivity contribution in [2.45, 2.75) is 0 Å². The van der Waals surface area contributed by atoms with Gasteiger partial charge in [-0.05, 0) is 23.8 Å². The predicted molar refractivity (Wildman–Crippen MR) is 77.2 cm³/mol. The lowest BCUT2D eigenvalue weighted by Crippen LogP contribution is -2.39. The van der Waals surface area contributed by atoms with Crippen LogP contribution < -0.4 is 4.90 Å². The lowest BCUT2D eigenvalue weighted by Gasteiger charge is -2.25. The Morgan fingerprint density at radius 3 is 2.42 bits per heavy atom. The van der Waals surface area contributed by atoms with Crippen molar-refractivity contribution in [3.05, 3.63) is 35.9 Å². The number of carbonyl (C=O) groups is 1. The molecule has 0 bridgehead atoms. The van der Waals surface area contributed by atoms with Gasteiger partial charge in [0.05, 0.1) is 13.2 Å². The maximum absolute atomic E-state index is 11.9. The molecule has 1 amide bonds. The van der Waals surface area contributed by atoms with Crippen molar-refractivity contribution in [2.24, 2.45) is 0 Å². The highest BCUT2D eigenvalue weighted by Gasteiger charge is 2.13. The summed E-state index contributed by atoms with van der Waals surface area (Å²) in [6.07, 6.45) is 3.49. The summed E-state index contributed by atoms with van der Waals surface area (Å²) < 4.78 is 5.23. The number of carbonyl (C=O) groups excluding carboxylic acids is 1. The van der Waals surface area contributed by atoms with E-state index in [4.69, 9.17) is 4.74 Å². The van der Waals surface area contributed by atoms with Gasteiger partial charge in [-0.2, -0.15) is 0 Å². The van der Waals surface area contributed by atoms with E-state index in [1.807, 2.05) is 54.2 Å². The second kappa shape index (κ2) is 6.38. The Morgan fingerprint density at radius 1 is 1.21 bits per heavy atom. The van der Waals surface area contributed by atoms with Crippen molar-refractivity contribution >= 4 is 17.7 Å². The molecule has 2 rings (SSSR count). The number of rotatable bonds is 3. The van der Waals surface area contributed by atoms with Crippen LogP contribution in [0, 0.1) is 0 Å². The van der Waals surface area contributed by atoms with Gasteiger partial charge in [0.1, 0.15) is 0 Å². The lowest BCUT2D eigenvalue weighted by molar-refractivity contribution is -0.129. The van der Waals surface area contributed by atoms with E-state index in [1.165, 1.54) is 0 Å². The molecule has 0 aromatic heterocycles. The first-order valence-electron chi connectivity index (χ1n) is 6.49. The van der Waals surface area contributed by atoms with E-state index in [0.29, 0.717) is 26.3 Å². The minimum atomic E-state index is 0.0555. The number of benzene rings is 1. The lowest BCUT2D eigenvalue weighted by atomic mass is 10.2. The predicted octanol–water partition coefficient (Wildman–Crippen LogP) is 1.62. The average Bonchev–Trinajstić information content (AvgIpc) is 2.46. The number of anilines is 1. The van der Waals surface area contributed by atoms with Crippen LogP contribution in [0.25, 0.3) is 6.08 Å². The van der Waals surface area contributed by atoms with Crippen molar-refractivity contribution in [3.63, 3.8) is 0 Å². The third-order valence-corrected chi connectivity index (χ3v) is 3.15. The van der Waals surface area contributed by atoms with E-state index in [1.54, 1.807) is 6.08 Å². The van der Waals surface area contributed by atoms with Gasteiger partial charge in [-0.3, -0.25) is 4.79 Å². The van der Waals surface area contributed by atoms with Gasteiger partial charge in [0.15, 0.2) is 0 Å². The molecule has 0 saturated carbocycles. The summed E-state index contributed by atoms with van der Waals surface area (Å²) in [4.78, 5) is 15.8. The van der Waals surface area contributed by atoms with Crippen molar-refractivity contribution in [1.29, 1.82) is 0 Å². The number of hydrogen-bond acceptors (Lipinski definition) is 3. The second-order valence-electron chi connectivity index (χ2n) is 4.76. The molecule has 19 heavy (non-hydrogen) atoms. The molecule has 0 N–H and O–H groups in total. The van der Waals surface area contributed by atoms with Gasteiger partial charge in [-0.1, -0.05) is 12.1 Å². The summed E-state index contributed by atoms with van der Waals surface area (Å²) in [7, 11) is 4.01. The summed E-state index contributed by atoms with van der Waals surface area (Å²) in [5.41, 5.74) is 2.18. The Bertz CT molecular complexity index is 446. The fraction of sp³-hybridized carbons (Fsp3) is 0.400. The molecule has 1 aliphatic rings. The van der Waals surface area contributed by atoms with Gasteiger partial charge >= 0.3 is 0 Å². The number of morpholine rings is 1. The third-order valence-electron chi connectivity index (χ3n) is 3.15. The fourth-order valence-electron chi connectivity index (χ4n) is 1.94. The Balaban J connectivity index is 1.95. The first-order chi connectivity index (χ1) is 9.16. The van der Waals surface area contributed by atoms with Crippen LogP contribution in [-0.4, -0.2) is 51.2 Å². The zero-order valence-corrected chi connectivity index (χ0v) is 11.5. The first kappa shape index (κ1) is 13.6. The largest absolute Gasteiger partial charge is 0.378 e. The molecule has 0 atom stereocenters. The van der Waals surface area contributed by atoms with E-state index >= 15 is 0 Å². The SMILES string of the molecule is CN(C)c1ccc(C=CC(=O)N2CCOCC2)cc1. The van der Waals surface area contributed by atoms with E-state index in [9.17, 15) is 4.79 Å². The molecule has 1 aliphatic heterocycles. The molecule has 0 aliphatic carbocycles. The molecule has 4 heteroatoms. The summed E-state index contributed by atoms with van der Waals surface area (Å²) in [6.45, 7) is 2.64. The third kappa shape index (κ3) is 3.83. The number of amides is 1. The molecule has 1 saturated heterocycles. The van der Waals surface area contributed by atoms with Crippen LogP contribution >= 0.6 is 0 Å². The van der Waals surface area contributed by atoms with Crippen LogP contribution in [0.4, 0.5) is 5.69 Å². The molecular weight excluding hydrogens is 240 g/mol. The zero-order valence-electron chi connectivity index (χ0n) is 11.5. The van der Waals surface area contributed by atoms with Crippen molar-refractivity contribution in [1.82, 2.24) is 4.90 Å². The Morgan fingerprint density at radius 2 is 1.84 bits per heavy atom. The maximum atomic E-state index is 11.9. The Labute approximate surface area is 114 Å². The van der Waals surface area contributed by atoms with E-state index in [-0.39, 0.29) is 5.91 Å². The van der Waals surface area contributed by atoms with Crippen LogP contribution in [0.3, 0.4) is 0 Å². The van der Waals surface area contributed by atoms with Crippen LogP contribution in [0.15, 0.2) is 30.3 Å². The number of nitrogens with zero attached hydrogens (tertiary/aromatic N) is 2. The molecule has 102 valence electrons. The molecule has 1 heterocycles. The quantitative estimate of drug-likeness (QED) is 0.774. The molecule has 1 aromatic rings. The van der Waals surface area contributed by atoms with E-state index < -0.39 is 0 Å². The van der Waals surface area contributed by atoms with Crippen LogP contribution in [0.2, 0.25) is 0 Å². The molecule has 1 fully saturated rings. The molecule has 0 unspecified atom stereocenters. The van der Waals surface area contributed by atoms with Gasteiger partial charge in [0.25, 0.3) is 0 Å². The topological polar surface area (TPSA) is 32.8 Å². The molecule has 4 nitrogen and oxygen atoms in total. The van der Waals surface area contributed by atoms with Gasteiger partial charge in [0.2, 0.25) is 5.91 Å². The van der Waals surface area contributed by atoms with E-state index in [2.05, 4.69) is 0 Å². The van der Waals surface area contributed by atoms with Gasteiger partial charge in [-0.25, -0.2) is 0 Å². The highest BCUT2D eigenvalue weighted by atomic mass is 16.5. The molecule has 0 spiro atoms. The first-order valence-corrected chi connectivity index (χ1v) is 6.49. The minimum absolute atomic E-state index is 0.0555. The van der Waals surface area contributed by atoms with Crippen LogP contribution in [0.5, 0.6) is 0 Å². The summed E-state index contributed by atoms with van der Waals surface area (Å²) in [6, 6.07) is 8.11. The standard InChI is InChI=1S/C15H20N2O2/c1-16(2)14-6-3-13(4-7-14)5-8-15(18)17-9-11-19-12-10-17/h3-8H,9-12H2,1-2H3. The van der Waals surface area contributed by atoms with Crippen LogP contribution in [-0.2, 0) is 9.53 Å². The summed E-state index contributed by atoms with van der Waals surface area (Å²) in [5.74, 6) is 0.0555. The highest BCUT2D eigenvalue weighted by molar-refractivity contribution is 5.91. The number of ether oxygens (including phenoxy) is 1. The van der Waals surface area contributed by atoms with Crippen molar-refractivity contribution in [3.8, 4) is 0 Å². The van der Waals surface area contributed by atoms with Crippen molar-refractivity contribution < 1.29 is 9.53 Å². The molecule has 0 radical (unpaired) electrons. The van der Waals surface area contributed by atoms with Gasteiger partial charge < -0.3 is 14.5 Å². The Kier molecular flexibility index (Phi) is 4.58. The number of hydrogen-bond donors (Lipinski definition) is 0. The Hall–Kier alpha value is -1.81. The summed E-state index contributed by atoms with van der Waals surface area (Å²) in [5, 5.41) is 0. The highest BCUT2D eigenvalue weighted by Crippen LogP contribution is 2.13. The zero-order chi connectivity index (χ0) is 13.7. The molecular formula is C15H20N2O2. The fourth-order valence-corrected chi connectivity index (χ4v) is 1.94. The smallest absolute Gasteiger partial charge is 0.246 e. The maximum Gasteiger partial charge on any atom is 0.246 e. The van der Waals surface area contributed by atoms with Gasteiger partial charge in [-0.15, -0.1) is 0 Å². The average molecular weight is 260 g/mol. The monoisotopic (exact) mass is 260 g/mol. The van der Waals surface area contributed by atoms with Crippen molar-refractivity contribution in [2.75, 3.05) is 45.3 Å².